The Bertz CT molecular complexity index is 837. The number of anilines is 2. The summed E-state index contributed by atoms with van der Waals surface area (Å²) >= 11 is 5.86. The molecule has 0 aliphatic carbocycles. The van der Waals surface area contributed by atoms with E-state index < -0.39 is 0 Å². The first-order valence-electron chi connectivity index (χ1n) is 7.81. The lowest BCUT2D eigenvalue weighted by atomic mass is 10.2. The first kappa shape index (κ1) is 17.4. The van der Waals surface area contributed by atoms with Crippen LogP contribution in [0.2, 0.25) is 5.15 Å². The van der Waals surface area contributed by atoms with Gasteiger partial charge in [0.25, 0.3) is 11.5 Å². The maximum Gasteiger partial charge on any atom is 0.290 e. The molecule has 1 saturated heterocycles. The van der Waals surface area contributed by atoms with Crippen LogP contribution in [0, 0.1) is 0 Å². The number of carbonyl (C=O) groups is 1. The number of aryl methyl sites for hydroxylation is 1. The van der Waals surface area contributed by atoms with E-state index in [2.05, 4.69) is 15.4 Å². The molecule has 1 N–H and O–H groups in total. The number of carbonyl (C=O) groups excluding carboxylic acids is 1. The Balaban J connectivity index is 1.76. The van der Waals surface area contributed by atoms with Gasteiger partial charge in [-0.2, -0.15) is 5.10 Å². The smallest absolute Gasteiger partial charge is 0.290 e. The second-order valence-corrected chi connectivity index (χ2v) is 6.18. The Morgan fingerprint density at radius 3 is 2.92 bits per heavy atom. The van der Waals surface area contributed by atoms with Crippen LogP contribution < -0.4 is 10.9 Å². The van der Waals surface area contributed by atoms with Crippen LogP contribution in [0.5, 0.6) is 0 Å². The van der Waals surface area contributed by atoms with Crippen LogP contribution in [0.15, 0.2) is 29.2 Å². The van der Waals surface area contributed by atoms with E-state index in [0.29, 0.717) is 31.1 Å². The molecule has 9 heteroatoms. The lowest BCUT2D eigenvalue weighted by Gasteiger charge is -2.33. The summed E-state index contributed by atoms with van der Waals surface area (Å²) in [5.74, 6) is 0.351. The third-order valence-electron chi connectivity index (χ3n) is 3.93. The molecule has 1 fully saturated rings. The molecule has 132 valence electrons. The third-order valence-corrected chi connectivity index (χ3v) is 4.12. The lowest BCUT2D eigenvalue weighted by molar-refractivity contribution is 0.00357. The number of hydrogen-bond donors (Lipinski definition) is 1. The second-order valence-electron chi connectivity index (χ2n) is 5.79. The molecule has 0 spiro atoms. The molecule has 0 radical (unpaired) electrons. The van der Waals surface area contributed by atoms with E-state index in [1.807, 2.05) is 6.92 Å². The number of nitrogens with one attached hydrogen (secondary N) is 1. The van der Waals surface area contributed by atoms with Gasteiger partial charge in [-0.05, 0) is 19.1 Å². The summed E-state index contributed by atoms with van der Waals surface area (Å²) < 4.78 is 6.49. The van der Waals surface area contributed by atoms with Crippen LogP contribution in [0.3, 0.4) is 0 Å². The Hall–Kier alpha value is -2.45. The number of ether oxygens (including phenoxy) is 1. The molecule has 1 unspecified atom stereocenters. The molecule has 0 saturated carbocycles. The molecule has 0 aromatic carbocycles. The highest BCUT2D eigenvalue weighted by Crippen LogP contribution is 2.16. The maximum absolute atomic E-state index is 12.6. The molecule has 25 heavy (non-hydrogen) atoms. The van der Waals surface area contributed by atoms with Gasteiger partial charge in [-0.3, -0.25) is 9.59 Å². The number of pyridine rings is 1. The van der Waals surface area contributed by atoms with Crippen molar-refractivity contribution >= 4 is 29.0 Å². The summed E-state index contributed by atoms with van der Waals surface area (Å²) in [5.41, 5.74) is 0.421. The first-order valence-corrected chi connectivity index (χ1v) is 8.19. The van der Waals surface area contributed by atoms with Crippen molar-refractivity contribution in [3.8, 4) is 0 Å². The highest BCUT2D eigenvalue weighted by molar-refractivity contribution is 6.29. The monoisotopic (exact) mass is 363 g/mol. The predicted molar refractivity (Wildman–Crippen MR) is 93.3 cm³/mol. The van der Waals surface area contributed by atoms with Gasteiger partial charge in [0, 0.05) is 25.9 Å². The Morgan fingerprint density at radius 2 is 2.24 bits per heavy atom. The molecule has 1 aliphatic heterocycles. The molecule has 3 rings (SSSR count). The summed E-state index contributed by atoms with van der Waals surface area (Å²) in [6, 6.07) is 4.78. The number of rotatable bonds is 3. The van der Waals surface area contributed by atoms with Crippen LogP contribution in [0.25, 0.3) is 0 Å². The maximum atomic E-state index is 12.6. The summed E-state index contributed by atoms with van der Waals surface area (Å²) in [7, 11) is 1.51. The van der Waals surface area contributed by atoms with E-state index in [9.17, 15) is 9.59 Å². The number of nitrogens with zero attached hydrogens (tertiary/aromatic N) is 4. The highest BCUT2D eigenvalue weighted by Gasteiger charge is 2.24. The van der Waals surface area contributed by atoms with Crippen molar-refractivity contribution in [2.24, 2.45) is 7.05 Å². The SMILES string of the molecule is CC1COCCN1C(=O)c1ccc(Nc2cc(Cl)nn(C)c2=O)nc1. The molecule has 8 nitrogen and oxygen atoms in total. The Kier molecular flexibility index (Phi) is 5.00. The van der Waals surface area contributed by atoms with Gasteiger partial charge in [0.05, 0.1) is 24.8 Å². The fraction of sp³-hybridized carbons (Fsp3) is 0.375. The fourth-order valence-corrected chi connectivity index (χ4v) is 2.81. The lowest BCUT2D eigenvalue weighted by Crippen LogP contribution is -2.47. The minimum absolute atomic E-state index is 0.0287. The number of aromatic nitrogens is 3. The van der Waals surface area contributed by atoms with Crippen molar-refractivity contribution in [1.29, 1.82) is 0 Å². The third kappa shape index (κ3) is 3.80. The summed E-state index contributed by atoms with van der Waals surface area (Å²) in [6.45, 7) is 3.58. The quantitative estimate of drug-likeness (QED) is 0.887. The van der Waals surface area contributed by atoms with Gasteiger partial charge in [-0.1, -0.05) is 11.6 Å². The summed E-state index contributed by atoms with van der Waals surface area (Å²) in [5, 5.41) is 6.91. The molecular weight excluding hydrogens is 346 g/mol. The van der Waals surface area contributed by atoms with Crippen LogP contribution >= 0.6 is 11.6 Å². The van der Waals surface area contributed by atoms with E-state index in [1.165, 1.54) is 19.3 Å². The van der Waals surface area contributed by atoms with E-state index >= 15 is 0 Å². The number of morpholine rings is 1. The van der Waals surface area contributed by atoms with Crippen molar-refractivity contribution in [2.75, 3.05) is 25.1 Å². The largest absolute Gasteiger partial charge is 0.377 e. The van der Waals surface area contributed by atoms with E-state index in [1.54, 1.807) is 17.0 Å². The first-order chi connectivity index (χ1) is 12.0. The second kappa shape index (κ2) is 7.20. The van der Waals surface area contributed by atoms with Crippen LogP contribution in [-0.4, -0.2) is 51.4 Å². The van der Waals surface area contributed by atoms with Gasteiger partial charge in [0.2, 0.25) is 0 Å². The number of hydrogen-bond acceptors (Lipinski definition) is 6. The molecule has 1 atom stereocenters. The number of amides is 1. The van der Waals surface area contributed by atoms with Crippen LogP contribution in [0.1, 0.15) is 17.3 Å². The minimum Gasteiger partial charge on any atom is -0.377 e. The van der Waals surface area contributed by atoms with Crippen molar-refractivity contribution in [1.82, 2.24) is 19.7 Å². The molecule has 1 aliphatic rings. The summed E-state index contributed by atoms with van der Waals surface area (Å²) in [6.07, 6.45) is 1.49. The zero-order valence-corrected chi connectivity index (χ0v) is 14.7. The van der Waals surface area contributed by atoms with E-state index in [0.717, 1.165) is 4.68 Å². The van der Waals surface area contributed by atoms with Crippen molar-refractivity contribution in [2.45, 2.75) is 13.0 Å². The van der Waals surface area contributed by atoms with Crippen molar-refractivity contribution in [3.63, 3.8) is 0 Å². The minimum atomic E-state index is -0.325. The van der Waals surface area contributed by atoms with Gasteiger partial charge in [0.15, 0.2) is 5.15 Å². The molecule has 3 heterocycles. The molecule has 2 aromatic heterocycles. The Morgan fingerprint density at radius 1 is 1.44 bits per heavy atom. The zero-order chi connectivity index (χ0) is 18.0. The molecule has 1 amide bonds. The van der Waals surface area contributed by atoms with Crippen molar-refractivity contribution in [3.05, 3.63) is 45.5 Å². The molecular formula is C16H18ClN5O3. The van der Waals surface area contributed by atoms with Crippen LogP contribution in [-0.2, 0) is 11.8 Å². The standard InChI is InChI=1S/C16H18ClN5O3/c1-10-9-25-6-5-22(10)15(23)11-3-4-14(18-8-11)19-12-7-13(17)20-21(2)16(12)24/h3-4,7-8,10H,5-6,9H2,1-2H3,(H,18,19). The van der Waals surface area contributed by atoms with Gasteiger partial charge in [0.1, 0.15) is 11.5 Å². The fourth-order valence-electron chi connectivity index (χ4n) is 2.59. The van der Waals surface area contributed by atoms with Crippen LogP contribution in [0.4, 0.5) is 11.5 Å². The van der Waals surface area contributed by atoms with E-state index in [4.69, 9.17) is 16.3 Å². The average Bonchev–Trinajstić information content (AvgIpc) is 2.60. The van der Waals surface area contributed by atoms with Gasteiger partial charge in [-0.25, -0.2) is 9.67 Å². The summed E-state index contributed by atoms with van der Waals surface area (Å²) in [4.78, 5) is 30.6. The number of halogens is 1. The van der Waals surface area contributed by atoms with Gasteiger partial charge < -0.3 is 15.0 Å². The zero-order valence-electron chi connectivity index (χ0n) is 13.9. The van der Waals surface area contributed by atoms with Crippen molar-refractivity contribution < 1.29 is 9.53 Å². The van der Waals surface area contributed by atoms with Gasteiger partial charge >= 0.3 is 0 Å². The highest BCUT2D eigenvalue weighted by atomic mass is 35.5. The molecule has 2 aromatic rings. The van der Waals surface area contributed by atoms with E-state index in [-0.39, 0.29) is 28.3 Å². The van der Waals surface area contributed by atoms with Gasteiger partial charge in [-0.15, -0.1) is 0 Å². The Labute approximate surface area is 149 Å². The topological polar surface area (TPSA) is 89.4 Å². The molecule has 0 bridgehead atoms. The average molecular weight is 364 g/mol. The normalized spacial score (nSPS) is 17.4. The predicted octanol–water partition coefficient (Wildman–Crippen LogP) is 1.43.